The van der Waals surface area contributed by atoms with Crippen molar-refractivity contribution >= 4 is 16.0 Å². The second-order valence-electron chi connectivity index (χ2n) is 3.38. The van der Waals surface area contributed by atoms with E-state index in [4.69, 9.17) is 15.0 Å². The van der Waals surface area contributed by atoms with Crippen molar-refractivity contribution in [3.8, 4) is 5.75 Å². The van der Waals surface area contributed by atoms with Crippen LogP contribution in [0.2, 0.25) is 0 Å². The van der Waals surface area contributed by atoms with Crippen LogP contribution in [0.25, 0.3) is 0 Å². The predicted octanol–water partition coefficient (Wildman–Crippen LogP) is -0.370. The summed E-state index contributed by atoms with van der Waals surface area (Å²) in [6.45, 7) is 0.583. The van der Waals surface area contributed by atoms with Gasteiger partial charge in [-0.3, -0.25) is 9.35 Å². The van der Waals surface area contributed by atoms with E-state index in [1.165, 1.54) is 13.2 Å². The lowest BCUT2D eigenvalue weighted by molar-refractivity contribution is 0.0951. The number of amides is 1. The van der Waals surface area contributed by atoms with Crippen molar-refractivity contribution in [1.29, 1.82) is 0 Å². The van der Waals surface area contributed by atoms with Crippen LogP contribution in [0.3, 0.4) is 0 Å². The average Bonchev–Trinajstić information content (AvgIpc) is 2.34. The summed E-state index contributed by atoms with van der Waals surface area (Å²) in [4.78, 5) is 11.3. The monoisotopic (exact) mass is 274 g/mol. The minimum atomic E-state index is -4.33. The first-order chi connectivity index (χ1) is 8.40. The van der Waals surface area contributed by atoms with E-state index < -0.39 is 16.0 Å². The first-order valence-corrected chi connectivity index (χ1v) is 6.48. The Kier molecular flexibility index (Phi) is 4.65. The Hall–Kier alpha value is -1.64. The number of hydrogen-bond acceptors (Lipinski definition) is 5. The Morgan fingerprint density at radius 3 is 2.67 bits per heavy atom. The molecule has 0 heterocycles. The molecule has 0 radical (unpaired) electrons. The number of carbonyl (C=O) groups excluding carboxylic acids is 1. The fourth-order valence-electron chi connectivity index (χ4n) is 1.30. The van der Waals surface area contributed by atoms with Gasteiger partial charge in [-0.15, -0.1) is 0 Å². The summed E-state index contributed by atoms with van der Waals surface area (Å²) in [6, 6.07) is 3.45. The van der Waals surface area contributed by atoms with Crippen LogP contribution in [0.5, 0.6) is 5.75 Å². The normalized spacial score (nSPS) is 11.1. The van der Waals surface area contributed by atoms with Gasteiger partial charge in [0.15, 0.2) is 0 Å². The van der Waals surface area contributed by atoms with E-state index in [1.54, 1.807) is 0 Å². The fraction of sp³-hybridized carbons (Fsp3) is 0.300. The molecule has 1 amide bonds. The van der Waals surface area contributed by atoms with Gasteiger partial charge in [-0.25, -0.2) is 0 Å². The highest BCUT2D eigenvalue weighted by Gasteiger charge is 2.16. The van der Waals surface area contributed by atoms with E-state index in [9.17, 15) is 13.2 Å². The maximum absolute atomic E-state index is 11.7. The molecular formula is C10H14N2O5S. The average molecular weight is 274 g/mol. The van der Waals surface area contributed by atoms with Crippen molar-refractivity contribution in [1.82, 2.24) is 5.32 Å². The third kappa shape index (κ3) is 3.42. The Labute approximate surface area is 105 Å². The van der Waals surface area contributed by atoms with Crippen LogP contribution in [-0.4, -0.2) is 39.1 Å². The van der Waals surface area contributed by atoms with E-state index in [0.29, 0.717) is 6.54 Å². The molecule has 4 N–H and O–H groups in total. The molecule has 0 aliphatic rings. The molecule has 1 aromatic carbocycles. The molecule has 0 aliphatic carbocycles. The summed E-state index contributed by atoms with van der Waals surface area (Å²) in [7, 11) is -3.03. The van der Waals surface area contributed by atoms with Crippen LogP contribution >= 0.6 is 0 Å². The van der Waals surface area contributed by atoms with Crippen LogP contribution in [0.1, 0.15) is 10.4 Å². The summed E-state index contributed by atoms with van der Waals surface area (Å²) in [5.41, 5.74) is 5.41. The number of carbonyl (C=O) groups is 1. The van der Waals surface area contributed by atoms with Gasteiger partial charge in [0, 0.05) is 19.2 Å². The molecule has 0 atom stereocenters. The Morgan fingerprint density at radius 1 is 1.50 bits per heavy atom. The summed E-state index contributed by atoms with van der Waals surface area (Å²) in [6.07, 6.45) is 0. The third-order valence-electron chi connectivity index (χ3n) is 2.15. The maximum Gasteiger partial charge on any atom is 0.294 e. The number of nitrogens with one attached hydrogen (secondary N) is 1. The van der Waals surface area contributed by atoms with Gasteiger partial charge in [0.2, 0.25) is 0 Å². The molecule has 0 bridgehead atoms. The van der Waals surface area contributed by atoms with Crippen molar-refractivity contribution < 1.29 is 22.5 Å². The van der Waals surface area contributed by atoms with Crippen molar-refractivity contribution in [3.63, 3.8) is 0 Å². The Morgan fingerprint density at radius 2 is 2.17 bits per heavy atom. The van der Waals surface area contributed by atoms with Crippen LogP contribution < -0.4 is 15.8 Å². The molecule has 0 aromatic heterocycles. The molecule has 0 spiro atoms. The van der Waals surface area contributed by atoms with E-state index in [2.05, 4.69) is 5.32 Å². The lowest BCUT2D eigenvalue weighted by Gasteiger charge is -2.09. The van der Waals surface area contributed by atoms with Gasteiger partial charge >= 0.3 is 0 Å². The number of nitrogens with two attached hydrogens (primary N) is 1. The number of ether oxygens (including phenoxy) is 1. The van der Waals surface area contributed by atoms with Gasteiger partial charge in [-0.2, -0.15) is 8.42 Å². The predicted molar refractivity (Wildman–Crippen MR) is 64.2 cm³/mol. The zero-order valence-corrected chi connectivity index (χ0v) is 10.5. The quantitative estimate of drug-likeness (QED) is 0.630. The fourth-order valence-corrected chi connectivity index (χ4v) is 1.80. The Bertz CT molecular complexity index is 541. The number of rotatable bonds is 5. The highest BCUT2D eigenvalue weighted by Crippen LogP contribution is 2.22. The van der Waals surface area contributed by atoms with Gasteiger partial charge in [0.1, 0.15) is 5.75 Å². The molecule has 100 valence electrons. The summed E-state index contributed by atoms with van der Waals surface area (Å²) >= 11 is 0. The van der Waals surface area contributed by atoms with Gasteiger partial charge in [-0.05, 0) is 12.1 Å². The molecule has 7 nitrogen and oxygen atoms in total. The zero-order valence-electron chi connectivity index (χ0n) is 9.71. The van der Waals surface area contributed by atoms with E-state index in [-0.39, 0.29) is 22.8 Å². The van der Waals surface area contributed by atoms with Crippen LogP contribution in [-0.2, 0) is 10.1 Å². The number of benzene rings is 1. The smallest absolute Gasteiger partial charge is 0.294 e. The molecule has 0 saturated heterocycles. The van der Waals surface area contributed by atoms with E-state index >= 15 is 0 Å². The minimum Gasteiger partial charge on any atom is -0.496 e. The second kappa shape index (κ2) is 5.80. The first kappa shape index (κ1) is 14.4. The molecule has 0 unspecified atom stereocenters. The summed E-state index contributed by atoms with van der Waals surface area (Å²) < 4.78 is 35.7. The van der Waals surface area contributed by atoms with E-state index in [0.717, 1.165) is 12.1 Å². The largest absolute Gasteiger partial charge is 0.496 e. The van der Waals surface area contributed by atoms with Crippen LogP contribution in [0.15, 0.2) is 23.1 Å². The third-order valence-corrected chi connectivity index (χ3v) is 3.00. The molecule has 0 fully saturated rings. The van der Waals surface area contributed by atoms with Crippen LogP contribution in [0, 0.1) is 0 Å². The summed E-state index contributed by atoms with van der Waals surface area (Å²) in [5.74, 6) is -0.376. The SMILES string of the molecule is COc1cc(S(=O)(=O)O)ccc1C(=O)NCCN. The molecular weight excluding hydrogens is 260 g/mol. The lowest BCUT2D eigenvalue weighted by atomic mass is 10.2. The molecule has 0 saturated carbocycles. The maximum atomic E-state index is 11.7. The molecule has 0 aliphatic heterocycles. The summed E-state index contributed by atoms with van der Waals surface area (Å²) in [5, 5.41) is 2.53. The van der Waals surface area contributed by atoms with Gasteiger partial charge in [-0.1, -0.05) is 0 Å². The van der Waals surface area contributed by atoms with Crippen molar-refractivity contribution in [3.05, 3.63) is 23.8 Å². The topological polar surface area (TPSA) is 119 Å². The zero-order chi connectivity index (χ0) is 13.8. The van der Waals surface area contributed by atoms with Crippen molar-refractivity contribution in [2.45, 2.75) is 4.90 Å². The number of methoxy groups -OCH3 is 1. The standard InChI is InChI=1S/C10H14N2O5S/c1-17-9-6-7(18(14,15)16)2-3-8(9)10(13)12-5-4-11/h2-3,6H,4-5,11H2,1H3,(H,12,13)(H,14,15,16). The van der Waals surface area contributed by atoms with Crippen molar-refractivity contribution in [2.24, 2.45) is 5.73 Å². The number of hydrogen-bond donors (Lipinski definition) is 3. The van der Waals surface area contributed by atoms with Gasteiger partial charge in [0.25, 0.3) is 16.0 Å². The minimum absolute atomic E-state index is 0.0552. The Balaban J connectivity index is 3.12. The molecule has 1 aromatic rings. The second-order valence-corrected chi connectivity index (χ2v) is 4.80. The highest BCUT2D eigenvalue weighted by molar-refractivity contribution is 7.85. The molecule has 8 heteroatoms. The van der Waals surface area contributed by atoms with Crippen molar-refractivity contribution in [2.75, 3.05) is 20.2 Å². The van der Waals surface area contributed by atoms with E-state index in [1.807, 2.05) is 0 Å². The lowest BCUT2D eigenvalue weighted by Crippen LogP contribution is -2.29. The van der Waals surface area contributed by atoms with Gasteiger partial charge in [0.05, 0.1) is 17.6 Å². The highest BCUT2D eigenvalue weighted by atomic mass is 32.2. The molecule has 18 heavy (non-hydrogen) atoms. The molecule has 1 rings (SSSR count). The van der Waals surface area contributed by atoms with Crippen LogP contribution in [0.4, 0.5) is 0 Å². The van der Waals surface area contributed by atoms with Gasteiger partial charge < -0.3 is 15.8 Å². The first-order valence-electron chi connectivity index (χ1n) is 5.04.